The fourth-order valence-electron chi connectivity index (χ4n) is 3.48. The maximum absolute atomic E-state index is 12.7. The fourth-order valence-corrected chi connectivity index (χ4v) is 3.48. The van der Waals surface area contributed by atoms with E-state index in [1.54, 1.807) is 0 Å². The van der Waals surface area contributed by atoms with Gasteiger partial charge in [-0.05, 0) is 38.0 Å². The summed E-state index contributed by atoms with van der Waals surface area (Å²) in [6.07, 6.45) is 2.91. The van der Waals surface area contributed by atoms with E-state index in [4.69, 9.17) is 0 Å². The smallest absolute Gasteiger partial charge is 0.407 e. The summed E-state index contributed by atoms with van der Waals surface area (Å²) in [5.74, 6) is 0.734. The molecule has 1 heterocycles. The van der Waals surface area contributed by atoms with Gasteiger partial charge in [0.15, 0.2) is 0 Å². The molecule has 1 aliphatic heterocycles. The van der Waals surface area contributed by atoms with Crippen LogP contribution in [0.4, 0.5) is 4.79 Å². The van der Waals surface area contributed by atoms with Crippen molar-refractivity contribution in [2.24, 2.45) is 11.8 Å². The number of alkyl carbamates (subject to hydrolysis) is 1. The Morgan fingerprint density at radius 3 is 2.47 bits per heavy atom. The van der Waals surface area contributed by atoms with Gasteiger partial charge in [0, 0.05) is 12.1 Å². The van der Waals surface area contributed by atoms with Gasteiger partial charge in [-0.15, -0.1) is 0 Å². The Bertz CT molecular complexity index is 368. The average Bonchev–Trinajstić information content (AvgIpc) is 2.95. The van der Waals surface area contributed by atoms with E-state index in [1.807, 2.05) is 18.7 Å². The van der Waals surface area contributed by atoms with Crippen molar-refractivity contribution >= 4 is 12.0 Å². The molecule has 0 aromatic heterocycles. The molecular weight excluding hydrogens is 244 g/mol. The lowest BCUT2D eigenvalue weighted by molar-refractivity contribution is -0.138. The summed E-state index contributed by atoms with van der Waals surface area (Å²) < 4.78 is 4.61. The van der Waals surface area contributed by atoms with Gasteiger partial charge in [0.25, 0.3) is 0 Å². The average molecular weight is 268 g/mol. The molecule has 0 radical (unpaired) electrons. The molecule has 2 rings (SSSR count). The Morgan fingerprint density at radius 1 is 1.32 bits per heavy atom. The van der Waals surface area contributed by atoms with Crippen molar-refractivity contribution in [1.82, 2.24) is 10.2 Å². The Kier molecular flexibility index (Phi) is 4.02. The van der Waals surface area contributed by atoms with Gasteiger partial charge >= 0.3 is 6.09 Å². The second-order valence-electron chi connectivity index (χ2n) is 6.07. The molecule has 1 saturated heterocycles. The van der Waals surface area contributed by atoms with Crippen LogP contribution in [-0.2, 0) is 9.53 Å². The molecule has 2 amide bonds. The zero-order valence-electron chi connectivity index (χ0n) is 12.2. The molecule has 5 nitrogen and oxygen atoms in total. The van der Waals surface area contributed by atoms with Crippen LogP contribution in [0, 0.1) is 11.8 Å². The summed E-state index contributed by atoms with van der Waals surface area (Å²) in [5.41, 5.74) is 0. The molecule has 1 aliphatic carbocycles. The molecule has 0 aromatic carbocycles. The molecule has 5 heteroatoms. The number of fused-ring (bicyclic) bond motifs is 2. The molecule has 4 atom stereocenters. The maximum Gasteiger partial charge on any atom is 0.407 e. The van der Waals surface area contributed by atoms with Crippen molar-refractivity contribution < 1.29 is 14.3 Å². The Balaban J connectivity index is 2.09. The van der Waals surface area contributed by atoms with Gasteiger partial charge in [0.1, 0.15) is 6.04 Å². The van der Waals surface area contributed by atoms with Crippen LogP contribution in [0.5, 0.6) is 0 Å². The molecule has 19 heavy (non-hydrogen) atoms. The summed E-state index contributed by atoms with van der Waals surface area (Å²) >= 11 is 0. The molecule has 1 unspecified atom stereocenters. The summed E-state index contributed by atoms with van der Waals surface area (Å²) in [5, 5.41) is 2.67. The number of hydrogen-bond donors (Lipinski definition) is 1. The minimum atomic E-state index is -0.538. The van der Waals surface area contributed by atoms with E-state index in [1.165, 1.54) is 13.5 Å². The Hall–Kier alpha value is -1.26. The SMILES string of the molecule is COC(=O)N[C@H](C(=O)N1C(C)[C@@H]2CC[C@H]1C2)C(C)C. The third-order valence-corrected chi connectivity index (χ3v) is 4.61. The van der Waals surface area contributed by atoms with Gasteiger partial charge in [-0.3, -0.25) is 4.79 Å². The lowest BCUT2D eigenvalue weighted by Crippen LogP contribution is -2.55. The van der Waals surface area contributed by atoms with E-state index in [0.29, 0.717) is 18.0 Å². The first-order valence-corrected chi connectivity index (χ1v) is 7.12. The quantitative estimate of drug-likeness (QED) is 0.848. The third-order valence-electron chi connectivity index (χ3n) is 4.61. The van der Waals surface area contributed by atoms with Crippen LogP contribution in [0.15, 0.2) is 0 Å². The number of nitrogens with zero attached hydrogens (tertiary/aromatic N) is 1. The number of carbonyl (C=O) groups excluding carboxylic acids is 2. The highest BCUT2D eigenvalue weighted by atomic mass is 16.5. The zero-order valence-corrected chi connectivity index (χ0v) is 12.2. The van der Waals surface area contributed by atoms with Gasteiger partial charge in [0.05, 0.1) is 7.11 Å². The molecule has 1 saturated carbocycles. The van der Waals surface area contributed by atoms with Crippen molar-refractivity contribution in [1.29, 1.82) is 0 Å². The number of carbonyl (C=O) groups is 2. The molecule has 108 valence electrons. The minimum absolute atomic E-state index is 0.0418. The highest BCUT2D eigenvalue weighted by Gasteiger charge is 2.47. The van der Waals surface area contributed by atoms with Crippen molar-refractivity contribution in [2.75, 3.05) is 7.11 Å². The summed E-state index contributed by atoms with van der Waals surface area (Å²) in [7, 11) is 1.32. The molecule has 2 aliphatic rings. The maximum atomic E-state index is 12.7. The van der Waals surface area contributed by atoms with E-state index in [-0.39, 0.29) is 11.8 Å². The van der Waals surface area contributed by atoms with Crippen molar-refractivity contribution in [3.63, 3.8) is 0 Å². The standard InChI is InChI=1S/C14H24N2O3/c1-8(2)12(15-14(18)19-4)13(17)16-9(3)10-5-6-11(16)7-10/h8-12H,5-7H2,1-4H3,(H,15,18)/t9?,10-,11+,12+/m1/s1. The summed E-state index contributed by atoms with van der Waals surface area (Å²) in [6.45, 7) is 6.01. The molecule has 1 N–H and O–H groups in total. The van der Waals surface area contributed by atoms with E-state index < -0.39 is 12.1 Å². The second-order valence-corrected chi connectivity index (χ2v) is 6.07. The molecule has 0 aromatic rings. The third kappa shape index (κ3) is 2.55. The van der Waals surface area contributed by atoms with Crippen molar-refractivity contribution in [2.45, 2.75) is 58.2 Å². The normalized spacial score (nSPS) is 30.6. The first kappa shape index (κ1) is 14.2. The van der Waals surface area contributed by atoms with E-state index >= 15 is 0 Å². The Morgan fingerprint density at radius 2 is 2.00 bits per heavy atom. The van der Waals surface area contributed by atoms with Gasteiger partial charge < -0.3 is 15.0 Å². The summed E-state index contributed by atoms with van der Waals surface area (Å²) in [4.78, 5) is 26.1. The van der Waals surface area contributed by atoms with Gasteiger partial charge in [-0.2, -0.15) is 0 Å². The zero-order chi connectivity index (χ0) is 14.2. The number of amides is 2. The molecule has 2 bridgehead atoms. The monoisotopic (exact) mass is 268 g/mol. The highest BCUT2D eigenvalue weighted by Crippen LogP contribution is 2.42. The number of likely N-dealkylation sites (tertiary alicyclic amines) is 1. The van der Waals surface area contributed by atoms with Crippen molar-refractivity contribution in [3.05, 3.63) is 0 Å². The van der Waals surface area contributed by atoms with Gasteiger partial charge in [-0.25, -0.2) is 4.79 Å². The minimum Gasteiger partial charge on any atom is -0.453 e. The topological polar surface area (TPSA) is 58.6 Å². The van der Waals surface area contributed by atoms with Crippen LogP contribution < -0.4 is 5.32 Å². The van der Waals surface area contributed by atoms with Crippen LogP contribution in [0.25, 0.3) is 0 Å². The summed E-state index contributed by atoms with van der Waals surface area (Å²) in [6, 6.07) is 0.175. The van der Waals surface area contributed by atoms with Crippen LogP contribution in [0.1, 0.15) is 40.0 Å². The predicted molar refractivity (Wildman–Crippen MR) is 71.6 cm³/mol. The first-order valence-electron chi connectivity index (χ1n) is 7.12. The molecule has 2 fully saturated rings. The first-order chi connectivity index (χ1) is 8.95. The van der Waals surface area contributed by atoms with E-state index in [9.17, 15) is 9.59 Å². The second kappa shape index (κ2) is 5.39. The number of piperidine rings is 1. The van der Waals surface area contributed by atoms with Crippen molar-refractivity contribution in [3.8, 4) is 0 Å². The van der Waals surface area contributed by atoms with Gasteiger partial charge in [0.2, 0.25) is 5.91 Å². The van der Waals surface area contributed by atoms with E-state index in [2.05, 4.69) is 17.0 Å². The number of rotatable bonds is 3. The lowest BCUT2D eigenvalue weighted by atomic mass is 9.97. The Labute approximate surface area is 114 Å². The number of ether oxygens (including phenoxy) is 1. The van der Waals surface area contributed by atoms with Crippen LogP contribution in [0.2, 0.25) is 0 Å². The number of hydrogen-bond acceptors (Lipinski definition) is 3. The van der Waals surface area contributed by atoms with Crippen LogP contribution >= 0.6 is 0 Å². The van der Waals surface area contributed by atoms with Crippen LogP contribution in [0.3, 0.4) is 0 Å². The highest BCUT2D eigenvalue weighted by molar-refractivity contribution is 5.86. The van der Waals surface area contributed by atoms with Crippen LogP contribution in [-0.4, -0.2) is 42.1 Å². The fraction of sp³-hybridized carbons (Fsp3) is 0.857. The molecular formula is C14H24N2O3. The lowest BCUT2D eigenvalue weighted by Gasteiger charge is -2.36. The van der Waals surface area contributed by atoms with Gasteiger partial charge in [-0.1, -0.05) is 13.8 Å². The number of methoxy groups -OCH3 is 1. The van der Waals surface area contributed by atoms with E-state index in [0.717, 1.165) is 12.8 Å². The predicted octanol–water partition coefficient (Wildman–Crippen LogP) is 1.77. The number of nitrogens with one attached hydrogen (secondary N) is 1. The largest absolute Gasteiger partial charge is 0.453 e. The molecule has 0 spiro atoms.